The van der Waals surface area contributed by atoms with E-state index in [-0.39, 0.29) is 0 Å². The summed E-state index contributed by atoms with van der Waals surface area (Å²) in [6.45, 7) is 10.4. The minimum absolute atomic E-state index is 0.382. The molecule has 0 aliphatic rings. The van der Waals surface area contributed by atoms with Crippen molar-refractivity contribution in [1.82, 2.24) is 5.32 Å². The molecule has 1 aromatic heterocycles. The molecule has 0 unspecified atom stereocenters. The van der Waals surface area contributed by atoms with Crippen LogP contribution in [0.2, 0.25) is 0 Å². The number of hydrogen-bond acceptors (Lipinski definition) is 3. The topological polar surface area (TPSA) is 21.3 Å². The highest BCUT2D eigenvalue weighted by Gasteiger charge is 2.08. The summed E-state index contributed by atoms with van der Waals surface area (Å²) < 4.78 is 5.59. The zero-order valence-corrected chi connectivity index (χ0v) is 12.1. The first-order valence-electron chi connectivity index (χ1n) is 6.39. The van der Waals surface area contributed by atoms with Crippen LogP contribution in [0, 0.1) is 5.41 Å². The molecule has 0 saturated carbocycles. The van der Waals surface area contributed by atoms with E-state index in [1.165, 1.54) is 4.88 Å². The van der Waals surface area contributed by atoms with Crippen molar-refractivity contribution in [2.75, 3.05) is 26.3 Å². The third-order valence-electron chi connectivity index (χ3n) is 2.55. The van der Waals surface area contributed by atoms with Crippen LogP contribution in [0.1, 0.15) is 32.1 Å². The monoisotopic (exact) mass is 255 g/mol. The summed E-state index contributed by atoms with van der Waals surface area (Å²) in [4.78, 5) is 1.45. The molecule has 0 atom stereocenters. The second-order valence-corrected chi connectivity index (χ2v) is 6.53. The van der Waals surface area contributed by atoms with Gasteiger partial charge >= 0.3 is 0 Å². The Labute approximate surface area is 109 Å². The van der Waals surface area contributed by atoms with Crippen molar-refractivity contribution in [3.05, 3.63) is 22.4 Å². The predicted molar refractivity (Wildman–Crippen MR) is 75.8 cm³/mol. The standard InChI is InChI=1S/C14H25NOS/c1-14(2,3)7-10-16-11-9-15-8-6-13-5-4-12-17-13/h4-5,12,15H,6-11H2,1-3H3. The molecule has 0 saturated heterocycles. The fraction of sp³-hybridized carbons (Fsp3) is 0.714. The van der Waals surface area contributed by atoms with Crippen LogP contribution >= 0.6 is 11.3 Å². The van der Waals surface area contributed by atoms with E-state index < -0.39 is 0 Å². The Balaban J connectivity index is 1.85. The van der Waals surface area contributed by atoms with Gasteiger partial charge in [-0.1, -0.05) is 26.8 Å². The molecule has 0 bridgehead atoms. The van der Waals surface area contributed by atoms with Crippen LogP contribution in [0.15, 0.2) is 17.5 Å². The summed E-state index contributed by atoms with van der Waals surface area (Å²) in [6.07, 6.45) is 2.25. The van der Waals surface area contributed by atoms with Gasteiger partial charge in [0.2, 0.25) is 0 Å². The molecule has 0 fully saturated rings. The Morgan fingerprint density at radius 2 is 2.06 bits per heavy atom. The molecular formula is C14H25NOS. The molecule has 0 radical (unpaired) electrons. The average molecular weight is 255 g/mol. The van der Waals surface area contributed by atoms with Crippen LogP contribution in [-0.2, 0) is 11.2 Å². The van der Waals surface area contributed by atoms with Gasteiger partial charge in [-0.15, -0.1) is 11.3 Å². The second kappa shape index (κ2) is 7.85. The first kappa shape index (κ1) is 14.7. The molecule has 0 aliphatic carbocycles. The highest BCUT2D eigenvalue weighted by Crippen LogP contribution is 2.17. The Kier molecular flexibility index (Phi) is 6.78. The SMILES string of the molecule is CC(C)(C)CCOCCNCCc1cccs1. The molecule has 2 nitrogen and oxygen atoms in total. The van der Waals surface area contributed by atoms with Gasteiger partial charge in [-0.3, -0.25) is 0 Å². The fourth-order valence-corrected chi connectivity index (χ4v) is 2.13. The van der Waals surface area contributed by atoms with E-state index >= 15 is 0 Å². The van der Waals surface area contributed by atoms with Gasteiger partial charge in [0.15, 0.2) is 0 Å². The zero-order chi connectivity index (χ0) is 12.6. The molecule has 1 N–H and O–H groups in total. The van der Waals surface area contributed by atoms with Crippen molar-refractivity contribution in [2.45, 2.75) is 33.6 Å². The third kappa shape index (κ3) is 8.36. The Morgan fingerprint density at radius 1 is 1.24 bits per heavy atom. The number of thiophene rings is 1. The normalized spacial score (nSPS) is 11.9. The third-order valence-corrected chi connectivity index (χ3v) is 3.48. The molecule has 1 aromatic rings. The Bertz CT molecular complexity index is 277. The lowest BCUT2D eigenvalue weighted by atomic mass is 9.93. The number of nitrogens with one attached hydrogen (secondary N) is 1. The van der Waals surface area contributed by atoms with Gasteiger partial charge in [0.05, 0.1) is 6.61 Å². The predicted octanol–water partition coefficient (Wildman–Crippen LogP) is 3.33. The van der Waals surface area contributed by atoms with Crippen LogP contribution in [0.25, 0.3) is 0 Å². The molecule has 3 heteroatoms. The molecule has 17 heavy (non-hydrogen) atoms. The van der Waals surface area contributed by atoms with Crippen molar-refractivity contribution < 1.29 is 4.74 Å². The van der Waals surface area contributed by atoms with Crippen molar-refractivity contribution in [3.63, 3.8) is 0 Å². The largest absolute Gasteiger partial charge is 0.380 e. The van der Waals surface area contributed by atoms with Crippen molar-refractivity contribution in [3.8, 4) is 0 Å². The summed E-state index contributed by atoms with van der Waals surface area (Å²) >= 11 is 1.83. The summed E-state index contributed by atoms with van der Waals surface area (Å²) in [5, 5.41) is 5.53. The van der Waals surface area contributed by atoms with Crippen LogP contribution in [-0.4, -0.2) is 26.3 Å². The molecule has 0 spiro atoms. The van der Waals surface area contributed by atoms with Gasteiger partial charge in [0.25, 0.3) is 0 Å². The summed E-state index contributed by atoms with van der Waals surface area (Å²) in [7, 11) is 0. The lowest BCUT2D eigenvalue weighted by Crippen LogP contribution is -2.22. The smallest absolute Gasteiger partial charge is 0.0590 e. The summed E-state index contributed by atoms with van der Waals surface area (Å²) in [5.74, 6) is 0. The first-order valence-corrected chi connectivity index (χ1v) is 7.27. The Morgan fingerprint density at radius 3 is 2.71 bits per heavy atom. The molecule has 1 rings (SSSR count). The Hall–Kier alpha value is -0.380. The summed E-state index contributed by atoms with van der Waals surface area (Å²) in [6, 6.07) is 4.29. The van der Waals surface area contributed by atoms with E-state index in [9.17, 15) is 0 Å². The van der Waals surface area contributed by atoms with Gasteiger partial charge in [-0.2, -0.15) is 0 Å². The lowest BCUT2D eigenvalue weighted by molar-refractivity contribution is 0.110. The van der Waals surface area contributed by atoms with Crippen LogP contribution in [0.5, 0.6) is 0 Å². The summed E-state index contributed by atoms with van der Waals surface area (Å²) in [5.41, 5.74) is 0.382. The first-order chi connectivity index (χ1) is 8.08. The highest BCUT2D eigenvalue weighted by molar-refractivity contribution is 7.09. The number of rotatable bonds is 8. The van der Waals surface area contributed by atoms with Crippen LogP contribution in [0.3, 0.4) is 0 Å². The minimum atomic E-state index is 0.382. The molecule has 0 amide bonds. The van der Waals surface area contributed by atoms with Crippen LogP contribution in [0.4, 0.5) is 0 Å². The van der Waals surface area contributed by atoms with Gasteiger partial charge < -0.3 is 10.1 Å². The van der Waals surface area contributed by atoms with Gasteiger partial charge in [0, 0.05) is 24.6 Å². The minimum Gasteiger partial charge on any atom is -0.380 e. The van der Waals surface area contributed by atoms with Crippen molar-refractivity contribution in [1.29, 1.82) is 0 Å². The maximum Gasteiger partial charge on any atom is 0.0590 e. The van der Waals surface area contributed by atoms with E-state index in [2.05, 4.69) is 43.6 Å². The zero-order valence-electron chi connectivity index (χ0n) is 11.3. The molecule has 98 valence electrons. The lowest BCUT2D eigenvalue weighted by Gasteiger charge is -2.17. The van der Waals surface area contributed by atoms with Gasteiger partial charge in [0.1, 0.15) is 0 Å². The molecular weight excluding hydrogens is 230 g/mol. The van der Waals surface area contributed by atoms with E-state index in [0.717, 1.165) is 39.1 Å². The molecule has 0 aliphatic heterocycles. The van der Waals surface area contributed by atoms with Crippen LogP contribution < -0.4 is 5.32 Å². The maximum atomic E-state index is 5.59. The fourth-order valence-electron chi connectivity index (χ4n) is 1.42. The average Bonchev–Trinajstić information content (AvgIpc) is 2.73. The van der Waals surface area contributed by atoms with Crippen molar-refractivity contribution in [2.24, 2.45) is 5.41 Å². The quantitative estimate of drug-likeness (QED) is 0.719. The molecule has 0 aromatic carbocycles. The number of hydrogen-bond donors (Lipinski definition) is 1. The highest BCUT2D eigenvalue weighted by atomic mass is 32.1. The van der Waals surface area contributed by atoms with E-state index in [0.29, 0.717) is 5.41 Å². The molecule has 1 heterocycles. The maximum absolute atomic E-state index is 5.59. The van der Waals surface area contributed by atoms with Gasteiger partial charge in [-0.05, 0) is 29.7 Å². The van der Waals surface area contributed by atoms with Crippen molar-refractivity contribution >= 4 is 11.3 Å². The van der Waals surface area contributed by atoms with E-state index in [4.69, 9.17) is 4.74 Å². The van der Waals surface area contributed by atoms with E-state index in [1.54, 1.807) is 0 Å². The number of ether oxygens (including phenoxy) is 1. The van der Waals surface area contributed by atoms with Gasteiger partial charge in [-0.25, -0.2) is 0 Å². The second-order valence-electron chi connectivity index (χ2n) is 5.50. The van der Waals surface area contributed by atoms with E-state index in [1.807, 2.05) is 11.3 Å².